The molecule has 1 aromatic carbocycles. The molecule has 0 saturated heterocycles. The summed E-state index contributed by atoms with van der Waals surface area (Å²) in [5, 5.41) is 15.0. The second-order valence-electron chi connectivity index (χ2n) is 7.80. The van der Waals surface area contributed by atoms with Crippen molar-refractivity contribution in [3.63, 3.8) is 0 Å². The number of aromatic nitrogens is 2. The molecule has 0 radical (unpaired) electrons. The number of carbonyl (C=O) groups is 2. The van der Waals surface area contributed by atoms with Gasteiger partial charge in [-0.1, -0.05) is 46.0 Å². The predicted molar refractivity (Wildman–Crippen MR) is 111 cm³/mol. The van der Waals surface area contributed by atoms with E-state index in [4.69, 9.17) is 4.74 Å². The first-order valence-corrected chi connectivity index (χ1v) is 10.1. The number of anilines is 1. The Morgan fingerprint density at radius 3 is 2.29 bits per heavy atom. The molecule has 28 heavy (non-hydrogen) atoms. The van der Waals surface area contributed by atoms with Gasteiger partial charge in [-0.3, -0.25) is 14.9 Å². The average molecular weight is 405 g/mol. The molecule has 0 aliphatic carbocycles. The molecule has 2 amide bonds. The maximum absolute atomic E-state index is 12.7. The first kappa shape index (κ1) is 21.8. The first-order valence-electron chi connectivity index (χ1n) is 9.30. The van der Waals surface area contributed by atoms with E-state index in [0.29, 0.717) is 23.1 Å². The molecule has 0 saturated carbocycles. The lowest BCUT2D eigenvalue weighted by molar-refractivity contribution is -0.118. The van der Waals surface area contributed by atoms with Crippen LogP contribution in [-0.4, -0.2) is 34.7 Å². The van der Waals surface area contributed by atoms with Gasteiger partial charge in [-0.15, -0.1) is 10.2 Å². The highest BCUT2D eigenvalue weighted by Gasteiger charge is 2.27. The van der Waals surface area contributed by atoms with Crippen LogP contribution in [0.2, 0.25) is 0 Å². The molecule has 0 aliphatic heterocycles. The van der Waals surface area contributed by atoms with E-state index in [-0.39, 0.29) is 23.1 Å². The van der Waals surface area contributed by atoms with Crippen LogP contribution in [0.15, 0.2) is 24.3 Å². The third-order valence-corrected chi connectivity index (χ3v) is 5.22. The summed E-state index contributed by atoms with van der Waals surface area (Å²) in [7, 11) is 0. The zero-order valence-electron chi connectivity index (χ0n) is 17.2. The Morgan fingerprint density at radius 2 is 1.79 bits per heavy atom. The number of benzene rings is 1. The fourth-order valence-electron chi connectivity index (χ4n) is 2.39. The Morgan fingerprint density at radius 1 is 1.14 bits per heavy atom. The van der Waals surface area contributed by atoms with Crippen molar-refractivity contribution >= 4 is 28.3 Å². The summed E-state index contributed by atoms with van der Waals surface area (Å²) in [6, 6.07) is 6.13. The standard InChI is InChI=1S/C20H28N4O3S/c1-7-27-14-10-8-13(9-11-14)16(25)21-15(12(2)3)17(26)22-19-24-23-18(28-19)20(4,5)6/h8-12,15H,7H2,1-6H3,(H,21,25)(H,22,24,26). The number of hydrogen-bond acceptors (Lipinski definition) is 6. The van der Waals surface area contributed by atoms with Crippen LogP contribution < -0.4 is 15.4 Å². The minimum Gasteiger partial charge on any atom is -0.494 e. The van der Waals surface area contributed by atoms with Crippen LogP contribution >= 0.6 is 11.3 Å². The minimum absolute atomic E-state index is 0.0957. The third kappa shape index (κ3) is 5.76. The van der Waals surface area contributed by atoms with Gasteiger partial charge in [0.15, 0.2) is 0 Å². The topological polar surface area (TPSA) is 93.2 Å². The zero-order chi connectivity index (χ0) is 20.9. The number of nitrogens with zero attached hydrogens (tertiary/aromatic N) is 2. The monoisotopic (exact) mass is 404 g/mol. The van der Waals surface area contributed by atoms with Gasteiger partial charge in [-0.25, -0.2) is 0 Å². The fraction of sp³-hybridized carbons (Fsp3) is 0.500. The highest BCUT2D eigenvalue weighted by atomic mass is 32.1. The number of nitrogens with one attached hydrogen (secondary N) is 2. The van der Waals surface area contributed by atoms with Gasteiger partial charge in [0.25, 0.3) is 5.91 Å². The van der Waals surface area contributed by atoms with Gasteiger partial charge < -0.3 is 10.1 Å². The Hall–Kier alpha value is -2.48. The van der Waals surface area contributed by atoms with Gasteiger partial charge in [-0.05, 0) is 37.1 Å². The summed E-state index contributed by atoms with van der Waals surface area (Å²) < 4.78 is 5.38. The van der Waals surface area contributed by atoms with E-state index >= 15 is 0 Å². The van der Waals surface area contributed by atoms with Crippen molar-refractivity contribution in [1.29, 1.82) is 0 Å². The number of carbonyl (C=O) groups excluding carboxylic acids is 2. The second kappa shape index (κ2) is 9.14. The van der Waals surface area contributed by atoms with Crippen LogP contribution in [0, 0.1) is 5.92 Å². The van der Waals surface area contributed by atoms with Gasteiger partial charge >= 0.3 is 0 Å². The molecule has 2 aromatic rings. The van der Waals surface area contributed by atoms with Crippen molar-refractivity contribution in [2.75, 3.05) is 11.9 Å². The molecule has 0 aliphatic rings. The van der Waals surface area contributed by atoms with Crippen LogP contribution in [0.1, 0.15) is 56.9 Å². The molecule has 152 valence electrons. The van der Waals surface area contributed by atoms with Crippen molar-refractivity contribution in [2.45, 2.75) is 53.0 Å². The van der Waals surface area contributed by atoms with Gasteiger partial charge in [0, 0.05) is 11.0 Å². The van der Waals surface area contributed by atoms with Crippen molar-refractivity contribution in [2.24, 2.45) is 5.92 Å². The Kier molecular flexibility index (Phi) is 7.12. The van der Waals surface area contributed by atoms with Crippen LogP contribution in [0.25, 0.3) is 0 Å². The van der Waals surface area contributed by atoms with E-state index in [1.165, 1.54) is 11.3 Å². The molecule has 8 heteroatoms. The van der Waals surface area contributed by atoms with Crippen LogP contribution in [0.5, 0.6) is 5.75 Å². The molecule has 2 rings (SSSR count). The molecule has 1 atom stereocenters. The van der Waals surface area contributed by atoms with Gasteiger partial charge in [0.1, 0.15) is 16.8 Å². The van der Waals surface area contributed by atoms with E-state index < -0.39 is 6.04 Å². The van der Waals surface area contributed by atoms with E-state index in [1.54, 1.807) is 24.3 Å². The predicted octanol–water partition coefficient (Wildman–Crippen LogP) is 3.63. The molecular formula is C20H28N4O3S. The van der Waals surface area contributed by atoms with Crippen LogP contribution in [-0.2, 0) is 10.2 Å². The lowest BCUT2D eigenvalue weighted by atomic mass is 9.98. The molecule has 7 nitrogen and oxygen atoms in total. The summed E-state index contributed by atoms with van der Waals surface area (Å²) in [6.07, 6.45) is 0. The highest BCUT2D eigenvalue weighted by Crippen LogP contribution is 2.27. The van der Waals surface area contributed by atoms with Gasteiger partial charge in [0.2, 0.25) is 11.0 Å². The fourth-order valence-corrected chi connectivity index (χ4v) is 3.19. The van der Waals surface area contributed by atoms with Crippen molar-refractivity contribution in [1.82, 2.24) is 15.5 Å². The lowest BCUT2D eigenvalue weighted by Crippen LogP contribution is -2.47. The molecule has 2 N–H and O–H groups in total. The highest BCUT2D eigenvalue weighted by molar-refractivity contribution is 7.15. The lowest BCUT2D eigenvalue weighted by Gasteiger charge is -2.21. The molecule has 1 unspecified atom stereocenters. The minimum atomic E-state index is -0.693. The first-order chi connectivity index (χ1) is 13.1. The van der Waals surface area contributed by atoms with E-state index in [1.807, 2.05) is 41.5 Å². The number of ether oxygens (including phenoxy) is 1. The Balaban J connectivity index is 2.06. The molecule has 1 aromatic heterocycles. The average Bonchev–Trinajstić information content (AvgIpc) is 3.09. The van der Waals surface area contributed by atoms with E-state index in [0.717, 1.165) is 5.01 Å². The van der Waals surface area contributed by atoms with Gasteiger partial charge in [0.05, 0.1) is 6.61 Å². The molecule has 0 bridgehead atoms. The zero-order valence-corrected chi connectivity index (χ0v) is 18.0. The quantitative estimate of drug-likeness (QED) is 0.735. The van der Waals surface area contributed by atoms with E-state index in [9.17, 15) is 9.59 Å². The van der Waals surface area contributed by atoms with E-state index in [2.05, 4.69) is 20.8 Å². The molecule has 1 heterocycles. The number of rotatable bonds is 7. The molecule has 0 fully saturated rings. The number of amides is 2. The summed E-state index contributed by atoms with van der Waals surface area (Å²) in [5.74, 6) is -0.0276. The number of hydrogen-bond donors (Lipinski definition) is 2. The maximum atomic E-state index is 12.7. The van der Waals surface area contributed by atoms with Crippen LogP contribution in [0.3, 0.4) is 0 Å². The molecule has 0 spiro atoms. The largest absolute Gasteiger partial charge is 0.494 e. The van der Waals surface area contributed by atoms with Crippen molar-refractivity contribution < 1.29 is 14.3 Å². The Labute approximate surface area is 169 Å². The SMILES string of the molecule is CCOc1ccc(C(=O)NC(C(=O)Nc2nnc(C(C)(C)C)s2)C(C)C)cc1. The Bertz CT molecular complexity index is 810. The van der Waals surface area contributed by atoms with Crippen molar-refractivity contribution in [3.8, 4) is 5.75 Å². The van der Waals surface area contributed by atoms with Gasteiger partial charge in [-0.2, -0.15) is 0 Å². The van der Waals surface area contributed by atoms with Crippen LogP contribution in [0.4, 0.5) is 5.13 Å². The normalized spacial score (nSPS) is 12.5. The summed E-state index contributed by atoms with van der Waals surface area (Å²) in [4.78, 5) is 25.3. The summed E-state index contributed by atoms with van der Waals surface area (Å²) in [5.41, 5.74) is 0.327. The second-order valence-corrected chi connectivity index (χ2v) is 8.78. The smallest absolute Gasteiger partial charge is 0.251 e. The maximum Gasteiger partial charge on any atom is 0.251 e. The van der Waals surface area contributed by atoms with Crippen molar-refractivity contribution in [3.05, 3.63) is 34.8 Å². The summed E-state index contributed by atoms with van der Waals surface area (Å²) in [6.45, 7) is 12.3. The molecular weight excluding hydrogens is 376 g/mol. The summed E-state index contributed by atoms with van der Waals surface area (Å²) >= 11 is 1.34. The third-order valence-electron chi connectivity index (χ3n) is 3.96.